The van der Waals surface area contributed by atoms with E-state index < -0.39 is 11.3 Å². The van der Waals surface area contributed by atoms with Crippen molar-refractivity contribution in [3.8, 4) is 0 Å². The van der Waals surface area contributed by atoms with Crippen molar-refractivity contribution < 1.29 is 15.0 Å². The van der Waals surface area contributed by atoms with Gasteiger partial charge in [0.1, 0.15) is 0 Å². The van der Waals surface area contributed by atoms with E-state index in [4.69, 9.17) is 15.9 Å². The number of hydrogen-bond donors (Lipinski definition) is 4. The first-order chi connectivity index (χ1) is 8.00. The van der Waals surface area contributed by atoms with E-state index in [2.05, 4.69) is 5.32 Å². The summed E-state index contributed by atoms with van der Waals surface area (Å²) in [5.41, 5.74) is 5.73. The van der Waals surface area contributed by atoms with Crippen molar-refractivity contribution in [1.82, 2.24) is 0 Å². The quantitative estimate of drug-likeness (QED) is 0.569. The van der Waals surface area contributed by atoms with Gasteiger partial charge in [-0.05, 0) is 18.2 Å². The Labute approximate surface area is 100 Å². The summed E-state index contributed by atoms with van der Waals surface area (Å²) in [6, 6.07) is 6.78. The van der Waals surface area contributed by atoms with Crippen molar-refractivity contribution in [2.24, 2.45) is 11.1 Å². The van der Waals surface area contributed by atoms with E-state index in [0.717, 1.165) is 5.69 Å². The van der Waals surface area contributed by atoms with Crippen LogP contribution in [0.5, 0.6) is 0 Å². The largest absolute Gasteiger partial charge is 0.396 e. The van der Waals surface area contributed by atoms with E-state index in [0.29, 0.717) is 12.1 Å². The lowest BCUT2D eigenvalue weighted by Crippen LogP contribution is -2.34. The van der Waals surface area contributed by atoms with Gasteiger partial charge in [0.25, 0.3) is 0 Å². The van der Waals surface area contributed by atoms with Crippen LogP contribution in [0, 0.1) is 5.41 Å². The standard InChI is InChI=1S/C12H18N2O3/c1-12(7-15,8-16)6-14-10-4-2-3-9(5-10)11(13)17/h2-5,14-16H,6-8H2,1H3,(H2,13,17). The Hall–Kier alpha value is -1.59. The zero-order valence-corrected chi connectivity index (χ0v) is 9.81. The fraction of sp³-hybridized carbons (Fsp3) is 0.417. The molecule has 0 radical (unpaired) electrons. The Balaban J connectivity index is 2.69. The van der Waals surface area contributed by atoms with Crippen LogP contribution < -0.4 is 11.1 Å². The minimum atomic E-state index is -0.595. The highest BCUT2D eigenvalue weighted by molar-refractivity contribution is 5.93. The second kappa shape index (κ2) is 5.65. The normalized spacial score (nSPS) is 11.2. The Kier molecular flexibility index (Phi) is 4.48. The molecule has 5 nitrogen and oxygen atoms in total. The fourth-order valence-corrected chi connectivity index (χ4v) is 1.26. The lowest BCUT2D eigenvalue weighted by molar-refractivity contribution is 0.0806. The molecule has 1 aromatic rings. The molecule has 5 heteroatoms. The molecule has 0 aliphatic carbocycles. The monoisotopic (exact) mass is 238 g/mol. The third-order valence-corrected chi connectivity index (χ3v) is 2.63. The van der Waals surface area contributed by atoms with Crippen LogP contribution in [-0.2, 0) is 0 Å². The van der Waals surface area contributed by atoms with Gasteiger partial charge in [-0.1, -0.05) is 13.0 Å². The van der Waals surface area contributed by atoms with Gasteiger partial charge < -0.3 is 21.3 Å². The summed E-state index contributed by atoms with van der Waals surface area (Å²) in [5, 5.41) is 21.3. The fourth-order valence-electron chi connectivity index (χ4n) is 1.26. The van der Waals surface area contributed by atoms with E-state index in [1.807, 2.05) is 0 Å². The molecule has 1 amide bonds. The first-order valence-corrected chi connectivity index (χ1v) is 5.36. The van der Waals surface area contributed by atoms with Crippen molar-refractivity contribution in [2.75, 3.05) is 25.1 Å². The number of carbonyl (C=O) groups excluding carboxylic acids is 1. The van der Waals surface area contributed by atoms with Gasteiger partial charge >= 0.3 is 0 Å². The molecule has 5 N–H and O–H groups in total. The zero-order chi connectivity index (χ0) is 12.9. The number of aliphatic hydroxyl groups is 2. The number of hydrogen-bond acceptors (Lipinski definition) is 4. The van der Waals surface area contributed by atoms with E-state index in [1.54, 1.807) is 31.2 Å². The maximum atomic E-state index is 11.0. The van der Waals surface area contributed by atoms with Gasteiger partial charge in [-0.25, -0.2) is 0 Å². The Bertz CT molecular complexity index is 389. The number of aliphatic hydroxyl groups excluding tert-OH is 2. The minimum absolute atomic E-state index is 0.119. The number of primary amides is 1. The summed E-state index contributed by atoms with van der Waals surface area (Å²) < 4.78 is 0. The average molecular weight is 238 g/mol. The molecule has 0 saturated carbocycles. The second-order valence-corrected chi connectivity index (χ2v) is 4.43. The van der Waals surface area contributed by atoms with Crippen LogP contribution in [0.15, 0.2) is 24.3 Å². The second-order valence-electron chi connectivity index (χ2n) is 4.43. The molecule has 0 unspecified atom stereocenters. The molecule has 1 rings (SSSR count). The van der Waals surface area contributed by atoms with Crippen LogP contribution in [0.3, 0.4) is 0 Å². The van der Waals surface area contributed by atoms with Crippen LogP contribution >= 0.6 is 0 Å². The van der Waals surface area contributed by atoms with Crippen LogP contribution in [0.1, 0.15) is 17.3 Å². The van der Waals surface area contributed by atoms with E-state index in [9.17, 15) is 4.79 Å². The van der Waals surface area contributed by atoms with Crippen LogP contribution in [0.4, 0.5) is 5.69 Å². The Morgan fingerprint density at radius 1 is 1.41 bits per heavy atom. The molecular formula is C12H18N2O3. The number of amides is 1. The van der Waals surface area contributed by atoms with E-state index >= 15 is 0 Å². The molecule has 0 bridgehead atoms. The average Bonchev–Trinajstić information content (AvgIpc) is 2.36. The summed E-state index contributed by atoms with van der Waals surface area (Å²) in [6.45, 7) is 1.93. The molecule has 0 heterocycles. The maximum Gasteiger partial charge on any atom is 0.248 e. The van der Waals surface area contributed by atoms with Gasteiger partial charge in [0.15, 0.2) is 0 Å². The summed E-state index contributed by atoms with van der Waals surface area (Å²) in [4.78, 5) is 11.0. The van der Waals surface area contributed by atoms with Crippen molar-refractivity contribution >= 4 is 11.6 Å². The van der Waals surface area contributed by atoms with Crippen LogP contribution in [0.2, 0.25) is 0 Å². The number of nitrogens with two attached hydrogens (primary N) is 1. The van der Waals surface area contributed by atoms with Gasteiger partial charge in [0, 0.05) is 23.2 Å². The molecule has 0 aliphatic rings. The predicted molar refractivity (Wildman–Crippen MR) is 65.7 cm³/mol. The molecule has 0 saturated heterocycles. The molecule has 94 valence electrons. The number of carbonyl (C=O) groups is 1. The van der Waals surface area contributed by atoms with Gasteiger partial charge in [-0.3, -0.25) is 4.79 Å². The zero-order valence-electron chi connectivity index (χ0n) is 9.81. The lowest BCUT2D eigenvalue weighted by Gasteiger charge is -2.25. The third-order valence-electron chi connectivity index (χ3n) is 2.63. The Morgan fingerprint density at radius 2 is 2.06 bits per heavy atom. The number of anilines is 1. The highest BCUT2D eigenvalue weighted by atomic mass is 16.3. The SMILES string of the molecule is CC(CO)(CO)CNc1cccc(C(N)=O)c1. The smallest absolute Gasteiger partial charge is 0.248 e. The van der Waals surface area contributed by atoms with Crippen molar-refractivity contribution in [1.29, 1.82) is 0 Å². The van der Waals surface area contributed by atoms with E-state index in [-0.39, 0.29) is 13.2 Å². The molecule has 0 fully saturated rings. The topological polar surface area (TPSA) is 95.6 Å². The van der Waals surface area contributed by atoms with Gasteiger partial charge in [-0.15, -0.1) is 0 Å². The van der Waals surface area contributed by atoms with Crippen LogP contribution in [0.25, 0.3) is 0 Å². The highest BCUT2D eigenvalue weighted by Gasteiger charge is 2.21. The molecule has 0 aliphatic heterocycles. The van der Waals surface area contributed by atoms with Gasteiger partial charge in [0.05, 0.1) is 13.2 Å². The van der Waals surface area contributed by atoms with Gasteiger partial charge in [-0.2, -0.15) is 0 Å². The number of benzene rings is 1. The molecular weight excluding hydrogens is 220 g/mol. The first-order valence-electron chi connectivity index (χ1n) is 5.36. The lowest BCUT2D eigenvalue weighted by atomic mass is 9.93. The van der Waals surface area contributed by atoms with Crippen LogP contribution in [-0.4, -0.2) is 35.9 Å². The van der Waals surface area contributed by atoms with E-state index in [1.165, 1.54) is 0 Å². The summed E-state index contributed by atoms with van der Waals surface area (Å²) in [6.07, 6.45) is 0. The van der Waals surface area contributed by atoms with Crippen molar-refractivity contribution in [3.63, 3.8) is 0 Å². The summed E-state index contributed by atoms with van der Waals surface area (Å²) in [5.74, 6) is -0.485. The van der Waals surface area contributed by atoms with Gasteiger partial charge in [0.2, 0.25) is 5.91 Å². The molecule has 0 aromatic heterocycles. The number of nitrogens with one attached hydrogen (secondary N) is 1. The Morgan fingerprint density at radius 3 is 2.59 bits per heavy atom. The molecule has 17 heavy (non-hydrogen) atoms. The highest BCUT2D eigenvalue weighted by Crippen LogP contribution is 2.17. The molecule has 0 atom stereocenters. The maximum absolute atomic E-state index is 11.0. The third kappa shape index (κ3) is 3.72. The number of rotatable bonds is 6. The minimum Gasteiger partial charge on any atom is -0.396 e. The summed E-state index contributed by atoms with van der Waals surface area (Å²) in [7, 11) is 0. The molecule has 0 spiro atoms. The summed E-state index contributed by atoms with van der Waals surface area (Å²) >= 11 is 0. The van der Waals surface area contributed by atoms with Crippen molar-refractivity contribution in [3.05, 3.63) is 29.8 Å². The van der Waals surface area contributed by atoms with Crippen molar-refractivity contribution in [2.45, 2.75) is 6.92 Å². The molecule has 1 aromatic carbocycles. The predicted octanol–water partition coefficient (Wildman–Crippen LogP) is 0.188. The first kappa shape index (κ1) is 13.5.